The fourth-order valence-electron chi connectivity index (χ4n) is 2.82. The van der Waals surface area contributed by atoms with E-state index in [2.05, 4.69) is 10.3 Å². The summed E-state index contributed by atoms with van der Waals surface area (Å²) in [5, 5.41) is 2.83. The van der Waals surface area contributed by atoms with Crippen molar-refractivity contribution in [1.82, 2.24) is 10.3 Å². The number of pyridine rings is 1. The fourth-order valence-corrected chi connectivity index (χ4v) is 2.82. The molecule has 0 atom stereocenters. The molecule has 0 radical (unpaired) electrons. The van der Waals surface area contributed by atoms with Crippen LogP contribution in [0.2, 0.25) is 0 Å². The van der Waals surface area contributed by atoms with Crippen LogP contribution in [-0.4, -0.2) is 16.9 Å². The summed E-state index contributed by atoms with van der Waals surface area (Å²) in [6, 6.07) is 12.9. The van der Waals surface area contributed by atoms with Crippen molar-refractivity contribution < 1.29 is 27.1 Å². The van der Waals surface area contributed by atoms with Crippen LogP contribution in [0.4, 0.5) is 17.6 Å². The molecule has 0 aliphatic heterocycles. The maximum Gasteiger partial charge on any atom is 0.416 e. The zero-order valence-electron chi connectivity index (χ0n) is 15.5. The van der Waals surface area contributed by atoms with E-state index in [9.17, 15) is 22.4 Å². The van der Waals surface area contributed by atoms with E-state index in [1.165, 1.54) is 42.5 Å². The van der Waals surface area contributed by atoms with Crippen LogP contribution in [0.15, 0.2) is 60.7 Å². The molecule has 1 aromatic heterocycles. The van der Waals surface area contributed by atoms with Crippen molar-refractivity contribution in [3.05, 3.63) is 77.7 Å². The molecule has 3 aromatic rings. The monoisotopic (exact) mass is 416 g/mol. The summed E-state index contributed by atoms with van der Waals surface area (Å²) in [6.07, 6.45) is -2.63. The van der Waals surface area contributed by atoms with Crippen molar-refractivity contribution in [3.8, 4) is 22.8 Å². The van der Waals surface area contributed by atoms with Gasteiger partial charge in [0.1, 0.15) is 23.0 Å². The first-order valence-corrected chi connectivity index (χ1v) is 9.22. The molecule has 30 heavy (non-hydrogen) atoms. The Morgan fingerprint density at radius 2 is 1.77 bits per heavy atom. The number of nitrogens with one attached hydrogen (secondary N) is 1. The first kappa shape index (κ1) is 19.9. The topological polar surface area (TPSA) is 51.2 Å². The van der Waals surface area contributed by atoms with E-state index in [-0.39, 0.29) is 34.8 Å². The molecule has 1 amide bonds. The molecule has 2 aromatic carbocycles. The minimum atomic E-state index is -4.45. The minimum Gasteiger partial charge on any atom is -0.455 e. The van der Waals surface area contributed by atoms with Gasteiger partial charge in [0.15, 0.2) is 5.75 Å². The maximum atomic E-state index is 13.8. The van der Waals surface area contributed by atoms with Crippen LogP contribution in [0.3, 0.4) is 0 Å². The largest absolute Gasteiger partial charge is 0.455 e. The third kappa shape index (κ3) is 4.59. The van der Waals surface area contributed by atoms with E-state index in [1.54, 1.807) is 6.07 Å². The molecular formula is C22H16F4N2O2. The molecule has 0 unspecified atom stereocenters. The number of hydrogen-bond acceptors (Lipinski definition) is 3. The molecule has 4 rings (SSSR count). The van der Waals surface area contributed by atoms with E-state index >= 15 is 0 Å². The van der Waals surface area contributed by atoms with Crippen LogP contribution < -0.4 is 10.1 Å². The number of halogens is 4. The number of carbonyl (C=O) groups excluding carboxylic acids is 1. The lowest BCUT2D eigenvalue weighted by Gasteiger charge is -2.13. The second kappa shape index (κ2) is 7.78. The first-order valence-electron chi connectivity index (χ1n) is 9.22. The Balaban J connectivity index is 1.68. The Hall–Kier alpha value is -3.42. The molecule has 1 heterocycles. The van der Waals surface area contributed by atoms with Gasteiger partial charge in [0, 0.05) is 11.6 Å². The quantitative estimate of drug-likeness (QED) is 0.552. The average molecular weight is 416 g/mol. The van der Waals surface area contributed by atoms with E-state index in [0.717, 1.165) is 25.0 Å². The third-order valence-electron chi connectivity index (χ3n) is 4.51. The Kier molecular flexibility index (Phi) is 5.15. The van der Waals surface area contributed by atoms with Crippen molar-refractivity contribution in [2.24, 2.45) is 0 Å². The Morgan fingerprint density at radius 3 is 2.40 bits per heavy atom. The number of ether oxygens (including phenoxy) is 1. The lowest BCUT2D eigenvalue weighted by atomic mass is 10.1. The van der Waals surface area contributed by atoms with E-state index < -0.39 is 17.6 Å². The first-order chi connectivity index (χ1) is 14.3. The summed E-state index contributed by atoms with van der Waals surface area (Å²) in [6.45, 7) is 0. The highest BCUT2D eigenvalue weighted by Gasteiger charge is 2.30. The molecule has 1 fully saturated rings. The molecule has 1 aliphatic carbocycles. The second-order valence-electron chi connectivity index (χ2n) is 6.93. The molecule has 0 spiro atoms. The molecule has 1 saturated carbocycles. The van der Waals surface area contributed by atoms with Gasteiger partial charge in [-0.25, -0.2) is 9.37 Å². The van der Waals surface area contributed by atoms with Crippen LogP contribution in [0.1, 0.15) is 28.9 Å². The van der Waals surface area contributed by atoms with Gasteiger partial charge in [0.2, 0.25) is 0 Å². The fraction of sp³-hybridized carbons (Fsp3) is 0.182. The predicted octanol–water partition coefficient (Wildman–Crippen LogP) is 5.59. The number of benzene rings is 2. The number of amides is 1. The normalized spacial score (nSPS) is 13.7. The SMILES string of the molecule is O=C(NC1CC1)c1ccc(Oc2ccc(C(F)(F)F)cc2)c(-c2cccc(F)c2)n1. The molecular weight excluding hydrogens is 400 g/mol. The van der Waals surface area contributed by atoms with Crippen LogP contribution in [0.5, 0.6) is 11.5 Å². The molecule has 8 heteroatoms. The second-order valence-corrected chi connectivity index (χ2v) is 6.93. The van der Waals surface area contributed by atoms with Crippen molar-refractivity contribution in [2.75, 3.05) is 0 Å². The molecule has 0 saturated heterocycles. The maximum absolute atomic E-state index is 13.8. The Labute approximate surface area is 169 Å². The smallest absolute Gasteiger partial charge is 0.416 e. The molecule has 0 bridgehead atoms. The number of hydrogen-bond donors (Lipinski definition) is 1. The van der Waals surface area contributed by atoms with Gasteiger partial charge in [-0.2, -0.15) is 13.2 Å². The van der Waals surface area contributed by atoms with Crippen LogP contribution >= 0.6 is 0 Å². The number of alkyl halides is 3. The van der Waals surface area contributed by atoms with E-state index in [1.807, 2.05) is 0 Å². The van der Waals surface area contributed by atoms with Gasteiger partial charge < -0.3 is 10.1 Å². The van der Waals surface area contributed by atoms with Gasteiger partial charge in [-0.15, -0.1) is 0 Å². The number of nitrogens with zero attached hydrogens (tertiary/aromatic N) is 1. The molecule has 1 N–H and O–H groups in total. The number of aromatic nitrogens is 1. The number of rotatable bonds is 5. The van der Waals surface area contributed by atoms with Gasteiger partial charge in [-0.1, -0.05) is 12.1 Å². The van der Waals surface area contributed by atoms with Crippen LogP contribution in [0.25, 0.3) is 11.3 Å². The molecule has 154 valence electrons. The van der Waals surface area contributed by atoms with Crippen molar-refractivity contribution in [3.63, 3.8) is 0 Å². The zero-order chi connectivity index (χ0) is 21.3. The third-order valence-corrected chi connectivity index (χ3v) is 4.51. The summed E-state index contributed by atoms with van der Waals surface area (Å²) in [7, 11) is 0. The van der Waals surface area contributed by atoms with Gasteiger partial charge in [0.25, 0.3) is 5.91 Å². The lowest BCUT2D eigenvalue weighted by Crippen LogP contribution is -2.26. The number of carbonyl (C=O) groups is 1. The van der Waals surface area contributed by atoms with E-state index in [0.29, 0.717) is 5.56 Å². The summed E-state index contributed by atoms with van der Waals surface area (Å²) in [5.41, 5.74) is -0.0813. The highest BCUT2D eigenvalue weighted by Crippen LogP contribution is 2.35. The van der Waals surface area contributed by atoms with E-state index in [4.69, 9.17) is 4.74 Å². The molecule has 4 nitrogen and oxygen atoms in total. The Morgan fingerprint density at radius 1 is 1.03 bits per heavy atom. The molecule has 1 aliphatic rings. The highest BCUT2D eigenvalue weighted by atomic mass is 19.4. The van der Waals surface area contributed by atoms with Gasteiger partial charge in [-0.3, -0.25) is 4.79 Å². The summed E-state index contributed by atoms with van der Waals surface area (Å²) in [5.74, 6) is -0.514. The van der Waals surface area contributed by atoms with Crippen LogP contribution in [-0.2, 0) is 6.18 Å². The predicted molar refractivity (Wildman–Crippen MR) is 102 cm³/mol. The highest BCUT2D eigenvalue weighted by molar-refractivity contribution is 5.93. The standard InChI is InChI=1S/C22H16F4N2O2/c23-15-3-1-2-13(12-15)20-19(11-10-18(28-20)21(29)27-16-6-7-16)30-17-8-4-14(5-9-17)22(24,25)26/h1-5,8-12,16H,6-7H2,(H,27,29). The summed E-state index contributed by atoms with van der Waals surface area (Å²) >= 11 is 0. The van der Waals surface area contributed by atoms with Crippen molar-refractivity contribution in [2.45, 2.75) is 25.1 Å². The minimum absolute atomic E-state index is 0.139. The average Bonchev–Trinajstić information content (AvgIpc) is 3.52. The summed E-state index contributed by atoms with van der Waals surface area (Å²) < 4.78 is 57.7. The van der Waals surface area contributed by atoms with Gasteiger partial charge in [0.05, 0.1) is 5.56 Å². The van der Waals surface area contributed by atoms with Crippen LogP contribution in [0, 0.1) is 5.82 Å². The Bertz CT molecular complexity index is 1080. The zero-order valence-corrected chi connectivity index (χ0v) is 15.5. The van der Waals surface area contributed by atoms with Gasteiger partial charge in [-0.05, 0) is 61.4 Å². The van der Waals surface area contributed by atoms with Gasteiger partial charge >= 0.3 is 6.18 Å². The summed E-state index contributed by atoms with van der Waals surface area (Å²) in [4.78, 5) is 16.7. The lowest BCUT2D eigenvalue weighted by molar-refractivity contribution is -0.137. The van der Waals surface area contributed by atoms with Crippen molar-refractivity contribution in [1.29, 1.82) is 0 Å². The van der Waals surface area contributed by atoms with Crippen molar-refractivity contribution >= 4 is 5.91 Å².